The third-order valence-corrected chi connectivity index (χ3v) is 3.63. The molecule has 1 heterocycles. The second kappa shape index (κ2) is 6.00. The number of nitrogens with zero attached hydrogens (tertiary/aromatic N) is 1. The van der Waals surface area contributed by atoms with Gasteiger partial charge in [-0.2, -0.15) is 0 Å². The van der Waals surface area contributed by atoms with Crippen molar-refractivity contribution in [2.45, 2.75) is 51.0 Å². The maximum Gasteiger partial charge on any atom is 0.0568 e. The molecule has 1 saturated carbocycles. The van der Waals surface area contributed by atoms with E-state index in [0.717, 1.165) is 19.3 Å². The first kappa shape index (κ1) is 11.6. The molecular formula is C14H21NO. The Hall–Kier alpha value is -0.890. The van der Waals surface area contributed by atoms with Crippen molar-refractivity contribution in [3.05, 3.63) is 30.1 Å². The van der Waals surface area contributed by atoms with Gasteiger partial charge in [0, 0.05) is 12.4 Å². The van der Waals surface area contributed by atoms with Crippen molar-refractivity contribution >= 4 is 0 Å². The Balaban J connectivity index is 1.67. The van der Waals surface area contributed by atoms with Crippen molar-refractivity contribution in [3.63, 3.8) is 0 Å². The van der Waals surface area contributed by atoms with Crippen LogP contribution in [0.25, 0.3) is 0 Å². The topological polar surface area (TPSA) is 33.1 Å². The van der Waals surface area contributed by atoms with Crippen LogP contribution in [0.1, 0.15) is 44.1 Å². The molecule has 2 nitrogen and oxygen atoms in total. The highest BCUT2D eigenvalue weighted by Crippen LogP contribution is 2.29. The molecule has 0 bridgehead atoms. The van der Waals surface area contributed by atoms with Gasteiger partial charge in [0.15, 0.2) is 0 Å². The van der Waals surface area contributed by atoms with E-state index in [0.29, 0.717) is 5.92 Å². The van der Waals surface area contributed by atoms with Gasteiger partial charge in [-0.15, -0.1) is 0 Å². The molecule has 2 heteroatoms. The number of aliphatic hydroxyl groups is 1. The summed E-state index contributed by atoms with van der Waals surface area (Å²) in [6, 6.07) is 4.08. The van der Waals surface area contributed by atoms with Crippen molar-refractivity contribution in [2.24, 2.45) is 5.92 Å². The monoisotopic (exact) mass is 219 g/mol. The van der Waals surface area contributed by atoms with Crippen LogP contribution >= 0.6 is 0 Å². The van der Waals surface area contributed by atoms with Crippen LogP contribution < -0.4 is 0 Å². The van der Waals surface area contributed by atoms with Crippen molar-refractivity contribution in [2.75, 3.05) is 0 Å². The Kier molecular flexibility index (Phi) is 4.34. The Morgan fingerprint density at radius 1 is 1.38 bits per heavy atom. The molecule has 0 aromatic carbocycles. The van der Waals surface area contributed by atoms with Crippen LogP contribution in [0, 0.1) is 5.92 Å². The van der Waals surface area contributed by atoms with Crippen molar-refractivity contribution < 1.29 is 5.11 Å². The van der Waals surface area contributed by atoms with Crippen molar-refractivity contribution in [1.82, 2.24) is 4.98 Å². The van der Waals surface area contributed by atoms with Crippen LogP contribution in [0.15, 0.2) is 24.5 Å². The zero-order valence-electron chi connectivity index (χ0n) is 9.81. The average molecular weight is 219 g/mol. The first-order valence-corrected chi connectivity index (χ1v) is 6.43. The lowest BCUT2D eigenvalue weighted by molar-refractivity contribution is 0.0998. The molecule has 1 aliphatic rings. The number of rotatable bonds is 5. The third kappa shape index (κ3) is 3.31. The standard InChI is InChI=1S/C14H21NO/c16-14(13-7-1-2-8-13)9-3-5-12-6-4-10-15-11-12/h4,6,10-11,13-14,16H,1-3,5,7-9H2. The number of aryl methyl sites for hydroxylation is 1. The van der Waals surface area contributed by atoms with E-state index in [-0.39, 0.29) is 6.10 Å². The normalized spacial score (nSPS) is 18.8. The lowest BCUT2D eigenvalue weighted by Gasteiger charge is -2.17. The summed E-state index contributed by atoms with van der Waals surface area (Å²) in [4.78, 5) is 4.10. The fourth-order valence-electron chi connectivity index (χ4n) is 2.64. The molecule has 1 unspecified atom stereocenters. The SMILES string of the molecule is OC(CCCc1cccnc1)C1CCCC1. The van der Waals surface area contributed by atoms with Crippen LogP contribution in [-0.4, -0.2) is 16.2 Å². The fraction of sp³-hybridized carbons (Fsp3) is 0.643. The molecule has 88 valence electrons. The molecule has 0 radical (unpaired) electrons. The Labute approximate surface area is 97.7 Å². The maximum absolute atomic E-state index is 10.0. The number of hydrogen-bond acceptors (Lipinski definition) is 2. The number of aliphatic hydroxyl groups excluding tert-OH is 1. The molecule has 0 aliphatic heterocycles. The van der Waals surface area contributed by atoms with E-state index in [1.54, 1.807) is 6.20 Å². The summed E-state index contributed by atoms with van der Waals surface area (Å²) in [5.41, 5.74) is 1.28. The average Bonchev–Trinajstić information content (AvgIpc) is 2.84. The second-order valence-corrected chi connectivity index (χ2v) is 4.87. The molecule has 1 aromatic heterocycles. The lowest BCUT2D eigenvalue weighted by Crippen LogP contribution is -2.17. The Morgan fingerprint density at radius 3 is 2.88 bits per heavy atom. The number of hydrogen-bond donors (Lipinski definition) is 1. The first-order chi connectivity index (χ1) is 7.86. The fourth-order valence-corrected chi connectivity index (χ4v) is 2.64. The van der Waals surface area contributed by atoms with Gasteiger partial charge in [0.2, 0.25) is 0 Å². The van der Waals surface area contributed by atoms with E-state index in [1.807, 2.05) is 12.3 Å². The minimum absolute atomic E-state index is 0.0702. The quantitative estimate of drug-likeness (QED) is 0.826. The summed E-state index contributed by atoms with van der Waals surface area (Å²) in [5.74, 6) is 0.578. The molecule has 0 amide bonds. The third-order valence-electron chi connectivity index (χ3n) is 3.63. The summed E-state index contributed by atoms with van der Waals surface area (Å²) < 4.78 is 0. The minimum atomic E-state index is -0.0702. The van der Waals surface area contributed by atoms with Gasteiger partial charge in [0.25, 0.3) is 0 Å². The van der Waals surface area contributed by atoms with E-state index in [2.05, 4.69) is 11.1 Å². The molecule has 1 aromatic rings. The van der Waals surface area contributed by atoms with Gasteiger partial charge in [-0.1, -0.05) is 18.9 Å². The highest BCUT2D eigenvalue weighted by Gasteiger charge is 2.22. The Morgan fingerprint density at radius 2 is 2.19 bits per heavy atom. The molecule has 16 heavy (non-hydrogen) atoms. The highest BCUT2D eigenvalue weighted by molar-refractivity contribution is 5.08. The largest absolute Gasteiger partial charge is 0.393 e. The summed E-state index contributed by atoms with van der Waals surface area (Å²) in [7, 11) is 0. The van der Waals surface area contributed by atoms with E-state index >= 15 is 0 Å². The molecule has 1 aliphatic carbocycles. The van der Waals surface area contributed by atoms with E-state index < -0.39 is 0 Å². The van der Waals surface area contributed by atoms with Gasteiger partial charge in [-0.3, -0.25) is 4.98 Å². The summed E-state index contributed by atoms with van der Waals surface area (Å²) in [5, 5.41) is 10.0. The lowest BCUT2D eigenvalue weighted by atomic mass is 9.95. The van der Waals surface area contributed by atoms with Crippen molar-refractivity contribution in [3.8, 4) is 0 Å². The second-order valence-electron chi connectivity index (χ2n) is 4.87. The van der Waals surface area contributed by atoms with Crippen LogP contribution in [0.5, 0.6) is 0 Å². The predicted molar refractivity (Wildman–Crippen MR) is 65.1 cm³/mol. The first-order valence-electron chi connectivity index (χ1n) is 6.43. The zero-order valence-corrected chi connectivity index (χ0v) is 9.81. The number of aromatic nitrogens is 1. The predicted octanol–water partition coefficient (Wildman–Crippen LogP) is 2.96. The van der Waals surface area contributed by atoms with E-state index in [1.165, 1.54) is 31.2 Å². The molecule has 0 saturated heterocycles. The minimum Gasteiger partial charge on any atom is -0.393 e. The highest BCUT2D eigenvalue weighted by atomic mass is 16.3. The van der Waals surface area contributed by atoms with E-state index in [4.69, 9.17) is 0 Å². The Bertz CT molecular complexity index is 293. The number of pyridine rings is 1. The van der Waals surface area contributed by atoms with Gasteiger partial charge in [0.1, 0.15) is 0 Å². The molecule has 2 rings (SSSR count). The van der Waals surface area contributed by atoms with Gasteiger partial charge in [-0.05, 0) is 49.7 Å². The van der Waals surface area contributed by atoms with Gasteiger partial charge >= 0.3 is 0 Å². The van der Waals surface area contributed by atoms with Crippen molar-refractivity contribution in [1.29, 1.82) is 0 Å². The van der Waals surface area contributed by atoms with Crippen LogP contribution in [0.3, 0.4) is 0 Å². The molecule has 1 fully saturated rings. The maximum atomic E-state index is 10.0. The van der Waals surface area contributed by atoms with Crippen LogP contribution in [0.4, 0.5) is 0 Å². The van der Waals surface area contributed by atoms with Crippen LogP contribution in [-0.2, 0) is 6.42 Å². The zero-order chi connectivity index (χ0) is 11.2. The van der Waals surface area contributed by atoms with E-state index in [9.17, 15) is 5.11 Å². The summed E-state index contributed by atoms with van der Waals surface area (Å²) in [6.07, 6.45) is 11.8. The molecule has 1 atom stereocenters. The van der Waals surface area contributed by atoms with Gasteiger partial charge in [0.05, 0.1) is 6.10 Å². The summed E-state index contributed by atoms with van der Waals surface area (Å²) >= 11 is 0. The van der Waals surface area contributed by atoms with Gasteiger partial charge in [-0.25, -0.2) is 0 Å². The van der Waals surface area contributed by atoms with Gasteiger partial charge < -0.3 is 5.11 Å². The molecular weight excluding hydrogens is 198 g/mol. The summed E-state index contributed by atoms with van der Waals surface area (Å²) in [6.45, 7) is 0. The smallest absolute Gasteiger partial charge is 0.0568 e. The molecule has 0 spiro atoms. The van der Waals surface area contributed by atoms with Crippen LogP contribution in [0.2, 0.25) is 0 Å². The molecule has 1 N–H and O–H groups in total.